The molecule has 0 aliphatic heterocycles. The molecular weight excluding hydrogens is 232 g/mol. The van der Waals surface area contributed by atoms with E-state index in [1.807, 2.05) is 0 Å². The summed E-state index contributed by atoms with van der Waals surface area (Å²) in [5, 5.41) is 2.77. The molecular formula is C13H14N2O3. The van der Waals surface area contributed by atoms with Gasteiger partial charge in [-0.25, -0.2) is 0 Å². The Kier molecular flexibility index (Phi) is 3.52. The first kappa shape index (κ1) is 12.0. The zero-order chi connectivity index (χ0) is 13.0. The molecule has 1 aromatic heterocycles. The SMILES string of the molecule is COc1c(N)cccc1C(=O)NCc1ccoc1. The van der Waals surface area contributed by atoms with Crippen LogP contribution in [0.2, 0.25) is 0 Å². The van der Waals surface area contributed by atoms with Crippen molar-refractivity contribution in [3.8, 4) is 5.75 Å². The highest BCUT2D eigenvalue weighted by Gasteiger charge is 2.13. The highest BCUT2D eigenvalue weighted by atomic mass is 16.5. The standard InChI is InChI=1S/C13H14N2O3/c1-17-12-10(3-2-4-11(12)14)13(16)15-7-9-5-6-18-8-9/h2-6,8H,7,14H2,1H3,(H,15,16). The summed E-state index contributed by atoms with van der Waals surface area (Å²) < 4.78 is 10.1. The van der Waals surface area contributed by atoms with Crippen LogP contribution < -0.4 is 15.8 Å². The summed E-state index contributed by atoms with van der Waals surface area (Å²) in [7, 11) is 1.48. The van der Waals surface area contributed by atoms with Gasteiger partial charge >= 0.3 is 0 Å². The van der Waals surface area contributed by atoms with Crippen LogP contribution in [0.4, 0.5) is 5.69 Å². The second-order valence-corrected chi connectivity index (χ2v) is 3.74. The lowest BCUT2D eigenvalue weighted by molar-refractivity contribution is 0.0948. The average Bonchev–Trinajstić information content (AvgIpc) is 2.88. The number of nitrogens with two attached hydrogens (primary N) is 1. The minimum Gasteiger partial charge on any atom is -0.494 e. The van der Waals surface area contributed by atoms with Crippen LogP contribution >= 0.6 is 0 Å². The Hall–Kier alpha value is -2.43. The number of ether oxygens (including phenoxy) is 1. The number of hydrogen-bond donors (Lipinski definition) is 2. The Labute approximate surface area is 105 Å². The maximum Gasteiger partial charge on any atom is 0.255 e. The third-order valence-corrected chi connectivity index (χ3v) is 2.53. The van der Waals surface area contributed by atoms with Gasteiger partial charge in [0.1, 0.15) is 0 Å². The van der Waals surface area contributed by atoms with Crippen LogP contribution in [-0.2, 0) is 6.54 Å². The van der Waals surface area contributed by atoms with Crippen molar-refractivity contribution in [3.05, 3.63) is 47.9 Å². The smallest absolute Gasteiger partial charge is 0.255 e. The van der Waals surface area contributed by atoms with E-state index < -0.39 is 0 Å². The molecule has 3 N–H and O–H groups in total. The number of anilines is 1. The first-order valence-corrected chi connectivity index (χ1v) is 5.44. The van der Waals surface area contributed by atoms with Crippen molar-refractivity contribution in [1.29, 1.82) is 0 Å². The third kappa shape index (κ3) is 2.45. The van der Waals surface area contributed by atoms with Crippen LogP contribution in [0.25, 0.3) is 0 Å². The van der Waals surface area contributed by atoms with Crippen molar-refractivity contribution in [3.63, 3.8) is 0 Å². The van der Waals surface area contributed by atoms with Gasteiger partial charge in [0.25, 0.3) is 5.91 Å². The number of nitrogen functional groups attached to an aromatic ring is 1. The average molecular weight is 246 g/mol. The van der Waals surface area contributed by atoms with E-state index in [4.69, 9.17) is 14.9 Å². The molecule has 0 spiro atoms. The molecule has 0 radical (unpaired) electrons. The Bertz CT molecular complexity index is 535. The first-order valence-electron chi connectivity index (χ1n) is 5.44. The molecule has 0 saturated heterocycles. The topological polar surface area (TPSA) is 77.5 Å². The molecule has 2 rings (SSSR count). The zero-order valence-corrected chi connectivity index (χ0v) is 9.97. The summed E-state index contributed by atoms with van der Waals surface area (Å²) >= 11 is 0. The molecule has 0 atom stereocenters. The molecule has 0 aliphatic rings. The molecule has 0 aliphatic carbocycles. The van der Waals surface area contributed by atoms with Crippen LogP contribution in [0.1, 0.15) is 15.9 Å². The van der Waals surface area contributed by atoms with Crippen molar-refractivity contribution in [2.75, 3.05) is 12.8 Å². The van der Waals surface area contributed by atoms with Crippen LogP contribution in [0.15, 0.2) is 41.2 Å². The fourth-order valence-electron chi connectivity index (χ4n) is 1.63. The van der Waals surface area contributed by atoms with E-state index >= 15 is 0 Å². The van der Waals surface area contributed by atoms with Gasteiger partial charge in [0.2, 0.25) is 0 Å². The summed E-state index contributed by atoms with van der Waals surface area (Å²) in [5.41, 5.74) is 7.49. The molecule has 0 bridgehead atoms. The van der Waals surface area contributed by atoms with Crippen molar-refractivity contribution in [2.45, 2.75) is 6.54 Å². The zero-order valence-electron chi connectivity index (χ0n) is 9.97. The van der Waals surface area contributed by atoms with E-state index in [1.54, 1.807) is 36.8 Å². The van der Waals surface area contributed by atoms with Gasteiger partial charge in [-0.05, 0) is 18.2 Å². The molecule has 5 heteroatoms. The summed E-state index contributed by atoms with van der Waals surface area (Å²) in [5.74, 6) is 0.155. The van der Waals surface area contributed by atoms with E-state index in [0.29, 0.717) is 23.5 Å². The highest BCUT2D eigenvalue weighted by molar-refractivity contribution is 5.98. The number of amides is 1. The minimum absolute atomic E-state index is 0.236. The van der Waals surface area contributed by atoms with Crippen molar-refractivity contribution < 1.29 is 13.9 Å². The summed E-state index contributed by atoms with van der Waals surface area (Å²) in [4.78, 5) is 12.0. The van der Waals surface area contributed by atoms with Gasteiger partial charge in [0.15, 0.2) is 5.75 Å². The number of para-hydroxylation sites is 1. The predicted octanol–water partition coefficient (Wildman–Crippen LogP) is 1.80. The van der Waals surface area contributed by atoms with Crippen molar-refractivity contribution in [2.24, 2.45) is 0 Å². The van der Waals surface area contributed by atoms with Crippen LogP contribution in [-0.4, -0.2) is 13.0 Å². The number of nitrogens with one attached hydrogen (secondary N) is 1. The van der Waals surface area contributed by atoms with Crippen molar-refractivity contribution >= 4 is 11.6 Å². The second-order valence-electron chi connectivity index (χ2n) is 3.74. The molecule has 94 valence electrons. The summed E-state index contributed by atoms with van der Waals surface area (Å²) in [6.07, 6.45) is 3.14. The number of hydrogen-bond acceptors (Lipinski definition) is 4. The lowest BCUT2D eigenvalue weighted by Gasteiger charge is -2.10. The van der Waals surface area contributed by atoms with E-state index in [1.165, 1.54) is 7.11 Å². The Morgan fingerprint density at radius 1 is 1.44 bits per heavy atom. The number of furan rings is 1. The fourth-order valence-corrected chi connectivity index (χ4v) is 1.63. The number of carbonyl (C=O) groups excluding carboxylic acids is 1. The molecule has 5 nitrogen and oxygen atoms in total. The van der Waals surface area contributed by atoms with E-state index in [9.17, 15) is 4.79 Å². The van der Waals surface area contributed by atoms with Gasteiger partial charge in [0.05, 0.1) is 30.9 Å². The molecule has 1 heterocycles. The van der Waals surface area contributed by atoms with Gasteiger partial charge in [0, 0.05) is 12.1 Å². The van der Waals surface area contributed by atoms with Crippen molar-refractivity contribution in [1.82, 2.24) is 5.32 Å². The fraction of sp³-hybridized carbons (Fsp3) is 0.154. The normalized spacial score (nSPS) is 10.1. The van der Waals surface area contributed by atoms with Gasteiger partial charge in [-0.2, -0.15) is 0 Å². The van der Waals surface area contributed by atoms with Crippen LogP contribution in [0.3, 0.4) is 0 Å². The number of rotatable bonds is 4. The molecule has 1 amide bonds. The molecule has 2 aromatic rings. The molecule has 0 saturated carbocycles. The first-order chi connectivity index (χ1) is 8.72. The molecule has 0 unspecified atom stereocenters. The second kappa shape index (κ2) is 5.27. The van der Waals surface area contributed by atoms with Gasteiger partial charge in [-0.3, -0.25) is 4.79 Å². The molecule has 1 aromatic carbocycles. The van der Waals surface area contributed by atoms with Gasteiger partial charge in [-0.1, -0.05) is 6.07 Å². The lowest BCUT2D eigenvalue weighted by atomic mass is 10.1. The van der Waals surface area contributed by atoms with Crippen LogP contribution in [0, 0.1) is 0 Å². The number of benzene rings is 1. The largest absolute Gasteiger partial charge is 0.494 e. The summed E-state index contributed by atoms with van der Waals surface area (Å²) in [6.45, 7) is 0.396. The molecule has 0 fully saturated rings. The molecule has 18 heavy (non-hydrogen) atoms. The van der Waals surface area contributed by atoms with Gasteiger partial charge in [-0.15, -0.1) is 0 Å². The van der Waals surface area contributed by atoms with E-state index in [0.717, 1.165) is 5.56 Å². The van der Waals surface area contributed by atoms with Crippen LogP contribution in [0.5, 0.6) is 5.75 Å². The minimum atomic E-state index is -0.236. The maximum atomic E-state index is 12.0. The summed E-state index contributed by atoms with van der Waals surface area (Å²) in [6, 6.07) is 6.85. The lowest BCUT2D eigenvalue weighted by Crippen LogP contribution is -2.23. The third-order valence-electron chi connectivity index (χ3n) is 2.53. The number of carbonyl (C=O) groups is 1. The quantitative estimate of drug-likeness (QED) is 0.806. The van der Waals surface area contributed by atoms with Gasteiger partial charge < -0.3 is 20.2 Å². The predicted molar refractivity (Wildman–Crippen MR) is 67.3 cm³/mol. The Balaban J connectivity index is 2.11. The van der Waals surface area contributed by atoms with E-state index in [-0.39, 0.29) is 5.91 Å². The Morgan fingerprint density at radius 2 is 2.28 bits per heavy atom. The number of methoxy groups -OCH3 is 1. The monoisotopic (exact) mass is 246 g/mol. The van der Waals surface area contributed by atoms with E-state index in [2.05, 4.69) is 5.32 Å². The maximum absolute atomic E-state index is 12.0. The Morgan fingerprint density at radius 3 is 2.94 bits per heavy atom. The highest BCUT2D eigenvalue weighted by Crippen LogP contribution is 2.25.